The maximum Gasteiger partial charge on any atom is 0.123 e. The van der Waals surface area contributed by atoms with E-state index in [1.54, 1.807) is 6.07 Å². The lowest BCUT2D eigenvalue weighted by molar-refractivity contribution is -0.134. The summed E-state index contributed by atoms with van der Waals surface area (Å²) in [7, 11) is 0. The second kappa shape index (κ2) is 7.42. The van der Waals surface area contributed by atoms with Crippen molar-refractivity contribution in [2.24, 2.45) is 0 Å². The zero-order valence-electron chi connectivity index (χ0n) is 14.0. The molecule has 1 unspecified atom stereocenters. The molecular weight excluding hydrogens is 309 g/mol. The summed E-state index contributed by atoms with van der Waals surface area (Å²) < 4.78 is 21.5. The van der Waals surface area contributed by atoms with Crippen molar-refractivity contribution in [1.82, 2.24) is 14.5 Å². The summed E-state index contributed by atoms with van der Waals surface area (Å²) in [6.45, 7) is 5.61. The lowest BCUT2D eigenvalue weighted by Gasteiger charge is -2.42. The van der Waals surface area contributed by atoms with Gasteiger partial charge in [-0.05, 0) is 24.6 Å². The number of aryl methyl sites for hydroxylation is 1. The Morgan fingerprint density at radius 2 is 2.29 bits per heavy atom. The van der Waals surface area contributed by atoms with E-state index in [1.165, 1.54) is 12.1 Å². The summed E-state index contributed by atoms with van der Waals surface area (Å²) >= 11 is 0. The second-order valence-electron chi connectivity index (χ2n) is 6.38. The van der Waals surface area contributed by atoms with Crippen molar-refractivity contribution in [2.45, 2.75) is 32.0 Å². The standard InChI is InChI=1S/C18H24FN3O2/c1-2-22-14-20-10-17(22)11-21-6-7-24-18(12-21,13-23)9-15-4-3-5-16(19)8-15/h3-5,8,10,14,23H,2,6-7,9,11-13H2,1H3. The minimum Gasteiger partial charge on any atom is -0.393 e. The van der Waals surface area contributed by atoms with E-state index in [0.29, 0.717) is 19.6 Å². The van der Waals surface area contributed by atoms with Crippen molar-refractivity contribution in [3.8, 4) is 0 Å². The molecule has 1 aromatic heterocycles. The van der Waals surface area contributed by atoms with Gasteiger partial charge in [-0.3, -0.25) is 4.90 Å². The third-order valence-corrected chi connectivity index (χ3v) is 4.56. The number of hydrogen-bond donors (Lipinski definition) is 1. The lowest BCUT2D eigenvalue weighted by Crippen LogP contribution is -2.55. The largest absolute Gasteiger partial charge is 0.393 e. The number of aliphatic hydroxyl groups is 1. The average Bonchev–Trinajstić information content (AvgIpc) is 3.02. The number of ether oxygens (including phenoxy) is 1. The number of nitrogens with zero attached hydrogens (tertiary/aromatic N) is 3. The van der Waals surface area contributed by atoms with Gasteiger partial charge in [0.25, 0.3) is 0 Å². The SMILES string of the molecule is CCn1cncc1CN1CCOC(CO)(Cc2cccc(F)c2)C1. The highest BCUT2D eigenvalue weighted by Gasteiger charge is 2.36. The Balaban J connectivity index is 1.72. The minimum atomic E-state index is -0.691. The van der Waals surface area contributed by atoms with Crippen LogP contribution in [0.2, 0.25) is 0 Å². The molecule has 0 aliphatic carbocycles. The van der Waals surface area contributed by atoms with E-state index in [0.717, 1.165) is 30.9 Å². The number of aromatic nitrogens is 2. The maximum absolute atomic E-state index is 13.4. The molecular formula is C18H24FN3O2. The fourth-order valence-corrected chi connectivity index (χ4v) is 3.33. The van der Waals surface area contributed by atoms with Crippen LogP contribution in [0.4, 0.5) is 4.39 Å². The molecule has 5 nitrogen and oxygen atoms in total. The third-order valence-electron chi connectivity index (χ3n) is 4.56. The summed E-state index contributed by atoms with van der Waals surface area (Å²) in [4.78, 5) is 6.47. The monoisotopic (exact) mass is 333 g/mol. The molecule has 1 saturated heterocycles. The first kappa shape index (κ1) is 17.1. The first-order chi connectivity index (χ1) is 11.6. The van der Waals surface area contributed by atoms with Crippen molar-refractivity contribution in [2.75, 3.05) is 26.3 Å². The molecule has 0 saturated carbocycles. The Morgan fingerprint density at radius 3 is 3.04 bits per heavy atom. The van der Waals surface area contributed by atoms with Gasteiger partial charge in [0.1, 0.15) is 11.4 Å². The molecule has 3 rings (SSSR count). The Kier molecular flexibility index (Phi) is 5.28. The predicted molar refractivity (Wildman–Crippen MR) is 89.1 cm³/mol. The van der Waals surface area contributed by atoms with Gasteiger partial charge in [-0.25, -0.2) is 9.37 Å². The van der Waals surface area contributed by atoms with Crippen LogP contribution in [-0.2, 0) is 24.2 Å². The summed E-state index contributed by atoms with van der Waals surface area (Å²) in [5.41, 5.74) is 1.30. The molecule has 0 radical (unpaired) electrons. The topological polar surface area (TPSA) is 50.5 Å². The van der Waals surface area contributed by atoms with Crippen LogP contribution in [0.3, 0.4) is 0 Å². The summed E-state index contributed by atoms with van der Waals surface area (Å²) in [5, 5.41) is 9.95. The fourth-order valence-electron chi connectivity index (χ4n) is 3.33. The predicted octanol–water partition coefficient (Wildman–Crippen LogP) is 1.85. The van der Waals surface area contributed by atoms with Gasteiger partial charge in [-0.1, -0.05) is 12.1 Å². The highest BCUT2D eigenvalue weighted by atomic mass is 19.1. The second-order valence-corrected chi connectivity index (χ2v) is 6.38. The Labute approximate surface area is 141 Å². The molecule has 1 N–H and O–H groups in total. The van der Waals surface area contributed by atoms with Gasteiger partial charge in [0.05, 0.1) is 25.2 Å². The third kappa shape index (κ3) is 3.83. The van der Waals surface area contributed by atoms with Gasteiger partial charge < -0.3 is 14.4 Å². The Morgan fingerprint density at radius 1 is 1.42 bits per heavy atom. The van der Waals surface area contributed by atoms with Crippen LogP contribution in [0.1, 0.15) is 18.2 Å². The summed E-state index contributed by atoms with van der Waals surface area (Å²) in [6, 6.07) is 6.49. The number of halogens is 1. The molecule has 6 heteroatoms. The maximum atomic E-state index is 13.4. The lowest BCUT2D eigenvalue weighted by atomic mass is 9.93. The van der Waals surface area contributed by atoms with Gasteiger partial charge in [0, 0.05) is 38.8 Å². The van der Waals surface area contributed by atoms with Crippen molar-refractivity contribution < 1.29 is 14.2 Å². The van der Waals surface area contributed by atoms with Gasteiger partial charge in [0.2, 0.25) is 0 Å². The number of morpholine rings is 1. The van der Waals surface area contributed by atoms with Crippen LogP contribution in [-0.4, -0.2) is 51.5 Å². The average molecular weight is 333 g/mol. The first-order valence-corrected chi connectivity index (χ1v) is 8.35. The molecule has 1 aromatic carbocycles. The molecule has 0 bridgehead atoms. The van der Waals surface area contributed by atoms with E-state index < -0.39 is 5.60 Å². The highest BCUT2D eigenvalue weighted by Crippen LogP contribution is 2.24. The zero-order valence-corrected chi connectivity index (χ0v) is 14.0. The quantitative estimate of drug-likeness (QED) is 0.876. The fraction of sp³-hybridized carbons (Fsp3) is 0.500. The van der Waals surface area contributed by atoms with E-state index in [-0.39, 0.29) is 12.4 Å². The van der Waals surface area contributed by atoms with Gasteiger partial charge >= 0.3 is 0 Å². The van der Waals surface area contributed by atoms with Gasteiger partial charge in [-0.15, -0.1) is 0 Å². The molecule has 24 heavy (non-hydrogen) atoms. The molecule has 1 fully saturated rings. The molecule has 0 amide bonds. The molecule has 0 spiro atoms. The van der Waals surface area contributed by atoms with Crippen LogP contribution in [0.25, 0.3) is 0 Å². The van der Waals surface area contributed by atoms with E-state index in [4.69, 9.17) is 4.74 Å². The van der Waals surface area contributed by atoms with Crippen molar-refractivity contribution in [3.63, 3.8) is 0 Å². The number of rotatable bonds is 6. The molecule has 1 atom stereocenters. The summed E-state index contributed by atoms with van der Waals surface area (Å²) in [6.07, 6.45) is 4.21. The molecule has 2 heterocycles. The number of aliphatic hydroxyl groups excluding tert-OH is 1. The van der Waals surface area contributed by atoms with E-state index in [1.807, 2.05) is 18.6 Å². The molecule has 1 aliphatic rings. The van der Waals surface area contributed by atoms with Crippen molar-refractivity contribution in [1.29, 1.82) is 0 Å². The normalized spacial score (nSPS) is 22.0. The molecule has 130 valence electrons. The smallest absolute Gasteiger partial charge is 0.123 e. The number of hydrogen-bond acceptors (Lipinski definition) is 4. The number of imidazole rings is 1. The van der Waals surface area contributed by atoms with Gasteiger partial charge in [-0.2, -0.15) is 0 Å². The van der Waals surface area contributed by atoms with Crippen molar-refractivity contribution in [3.05, 3.63) is 53.9 Å². The Hall–Kier alpha value is -1.76. The van der Waals surface area contributed by atoms with Crippen LogP contribution in [0, 0.1) is 5.82 Å². The highest BCUT2D eigenvalue weighted by molar-refractivity contribution is 5.19. The van der Waals surface area contributed by atoms with Crippen LogP contribution in [0.15, 0.2) is 36.8 Å². The zero-order chi connectivity index (χ0) is 17.0. The number of benzene rings is 1. The van der Waals surface area contributed by atoms with E-state index in [9.17, 15) is 9.50 Å². The first-order valence-electron chi connectivity index (χ1n) is 8.35. The Bertz CT molecular complexity index is 676. The van der Waals surface area contributed by atoms with Crippen LogP contribution >= 0.6 is 0 Å². The minimum absolute atomic E-state index is 0.0902. The van der Waals surface area contributed by atoms with Crippen LogP contribution in [0.5, 0.6) is 0 Å². The van der Waals surface area contributed by atoms with Crippen molar-refractivity contribution >= 4 is 0 Å². The van der Waals surface area contributed by atoms with Gasteiger partial charge in [0.15, 0.2) is 0 Å². The summed E-state index contributed by atoms with van der Waals surface area (Å²) in [5.74, 6) is -0.264. The van der Waals surface area contributed by atoms with E-state index >= 15 is 0 Å². The van der Waals surface area contributed by atoms with Crippen LogP contribution < -0.4 is 0 Å². The molecule has 2 aromatic rings. The van der Waals surface area contributed by atoms with E-state index in [2.05, 4.69) is 21.4 Å². The molecule has 1 aliphatic heterocycles.